The first-order chi connectivity index (χ1) is 8.49. The summed E-state index contributed by atoms with van der Waals surface area (Å²) < 4.78 is 7.07. The zero-order valence-electron chi connectivity index (χ0n) is 10.6. The van der Waals surface area contributed by atoms with Crippen molar-refractivity contribution >= 4 is 49.2 Å². The number of hydrogen-bond donors (Lipinski definition) is 1. The van der Waals surface area contributed by atoms with Crippen LogP contribution in [0.2, 0.25) is 0 Å². The number of ether oxygens (including phenoxy) is 1. The molecule has 0 spiro atoms. The fourth-order valence-electron chi connectivity index (χ4n) is 1.40. The first kappa shape index (κ1) is 16.1. The number of hydrogen-bond acceptors (Lipinski definition) is 4. The fourth-order valence-corrected chi connectivity index (χ4v) is 3.54. The molecule has 3 nitrogen and oxygen atoms in total. The van der Waals surface area contributed by atoms with Crippen molar-refractivity contribution in [2.45, 2.75) is 39.3 Å². The van der Waals surface area contributed by atoms with Crippen LogP contribution in [-0.4, -0.2) is 18.6 Å². The number of carbonyl (C=O) groups is 1. The van der Waals surface area contributed by atoms with Crippen molar-refractivity contribution in [2.75, 3.05) is 6.61 Å². The van der Waals surface area contributed by atoms with E-state index in [0.29, 0.717) is 6.61 Å². The Morgan fingerprint density at radius 2 is 2.17 bits per heavy atom. The van der Waals surface area contributed by atoms with Crippen molar-refractivity contribution in [2.24, 2.45) is 0 Å². The van der Waals surface area contributed by atoms with Crippen molar-refractivity contribution in [1.82, 2.24) is 5.32 Å². The van der Waals surface area contributed by atoms with Gasteiger partial charge in [0, 0.05) is 15.4 Å². The van der Waals surface area contributed by atoms with Crippen LogP contribution in [0.15, 0.2) is 14.3 Å². The van der Waals surface area contributed by atoms with Gasteiger partial charge in [-0.15, -0.1) is 11.3 Å². The molecule has 0 fully saturated rings. The summed E-state index contributed by atoms with van der Waals surface area (Å²) in [6, 6.07) is 1.82. The van der Waals surface area contributed by atoms with E-state index in [-0.39, 0.29) is 12.0 Å². The van der Waals surface area contributed by atoms with Gasteiger partial charge >= 0.3 is 5.97 Å². The highest BCUT2D eigenvalue weighted by Gasteiger charge is 2.25. The number of esters is 1. The lowest BCUT2D eigenvalue weighted by Crippen LogP contribution is -2.35. The topological polar surface area (TPSA) is 38.3 Å². The highest BCUT2D eigenvalue weighted by Crippen LogP contribution is 2.36. The maximum Gasteiger partial charge on any atom is 0.328 e. The summed E-state index contributed by atoms with van der Waals surface area (Å²) in [7, 11) is 0. The van der Waals surface area contributed by atoms with Crippen LogP contribution in [0, 0.1) is 0 Å². The lowest BCUT2D eigenvalue weighted by Gasteiger charge is -2.20. The van der Waals surface area contributed by atoms with E-state index in [1.165, 1.54) is 11.3 Å². The average molecular weight is 399 g/mol. The van der Waals surface area contributed by atoms with Crippen LogP contribution in [0.1, 0.15) is 38.1 Å². The summed E-state index contributed by atoms with van der Waals surface area (Å²) in [5.41, 5.74) is 0. The van der Waals surface area contributed by atoms with Crippen molar-refractivity contribution in [1.29, 1.82) is 0 Å². The molecule has 1 rings (SSSR count). The van der Waals surface area contributed by atoms with Gasteiger partial charge in [0.2, 0.25) is 0 Å². The second kappa shape index (κ2) is 7.62. The summed E-state index contributed by atoms with van der Waals surface area (Å²) in [6.45, 7) is 6.35. The lowest BCUT2D eigenvalue weighted by atomic mass is 10.2. The largest absolute Gasteiger partial charge is 0.465 e. The molecule has 0 aliphatic heterocycles. The third-order valence-corrected chi connectivity index (χ3v) is 5.86. The van der Waals surface area contributed by atoms with Crippen molar-refractivity contribution in [3.05, 3.63) is 19.2 Å². The summed E-state index contributed by atoms with van der Waals surface area (Å²) in [4.78, 5) is 13.0. The Hall–Kier alpha value is 0.0900. The van der Waals surface area contributed by atoms with E-state index in [1.54, 1.807) is 0 Å². The Morgan fingerprint density at radius 3 is 2.61 bits per heavy atom. The van der Waals surface area contributed by atoms with E-state index in [9.17, 15) is 4.79 Å². The van der Waals surface area contributed by atoms with Gasteiger partial charge in [0.05, 0.1) is 10.4 Å². The molecule has 0 aliphatic rings. The van der Waals surface area contributed by atoms with Crippen LogP contribution in [0.3, 0.4) is 0 Å². The summed E-state index contributed by atoms with van der Waals surface area (Å²) in [5, 5.41) is 3.30. The molecule has 18 heavy (non-hydrogen) atoms. The standard InChI is InChI=1S/C12H17Br2NO2S/c1-4-7(3)15-10(12(16)17-5-2)9-6-8(13)11(14)18-9/h6-7,10,15H,4-5H2,1-3H3. The van der Waals surface area contributed by atoms with Crippen LogP contribution in [0.4, 0.5) is 0 Å². The van der Waals surface area contributed by atoms with Gasteiger partial charge in [-0.3, -0.25) is 5.32 Å². The molecule has 1 aromatic rings. The highest BCUT2D eigenvalue weighted by molar-refractivity contribution is 9.13. The number of nitrogens with one attached hydrogen (secondary N) is 1. The van der Waals surface area contributed by atoms with Crippen molar-refractivity contribution in [3.8, 4) is 0 Å². The lowest BCUT2D eigenvalue weighted by molar-refractivity contribution is -0.146. The molecule has 0 bridgehead atoms. The predicted molar refractivity (Wildman–Crippen MR) is 82.0 cm³/mol. The number of thiophene rings is 1. The third kappa shape index (κ3) is 4.33. The van der Waals surface area contributed by atoms with E-state index in [0.717, 1.165) is 19.6 Å². The summed E-state index contributed by atoms with van der Waals surface area (Å²) >= 11 is 8.42. The molecule has 0 aromatic carbocycles. The minimum atomic E-state index is -0.396. The Bertz CT molecular complexity index is 389. The maximum absolute atomic E-state index is 12.0. The molecular weight excluding hydrogens is 382 g/mol. The zero-order valence-corrected chi connectivity index (χ0v) is 14.6. The van der Waals surface area contributed by atoms with Crippen molar-refractivity contribution < 1.29 is 9.53 Å². The molecular formula is C12H17Br2NO2S. The van der Waals surface area contributed by atoms with Gasteiger partial charge in [-0.25, -0.2) is 4.79 Å². The number of carbonyl (C=O) groups excluding carboxylic acids is 1. The SMILES string of the molecule is CCOC(=O)C(NC(C)CC)c1cc(Br)c(Br)s1. The monoisotopic (exact) mass is 397 g/mol. The summed E-state index contributed by atoms with van der Waals surface area (Å²) in [6.07, 6.45) is 0.962. The Kier molecular flexibility index (Phi) is 6.84. The molecule has 0 radical (unpaired) electrons. The molecule has 2 unspecified atom stereocenters. The van der Waals surface area contributed by atoms with Gasteiger partial charge in [0.25, 0.3) is 0 Å². The van der Waals surface area contributed by atoms with Crippen LogP contribution in [0.25, 0.3) is 0 Å². The molecule has 6 heteroatoms. The Labute approximate surface area is 129 Å². The second-order valence-corrected chi connectivity index (χ2v) is 7.19. The maximum atomic E-state index is 12.0. The first-order valence-corrected chi connectivity index (χ1v) is 8.27. The van der Waals surface area contributed by atoms with Gasteiger partial charge in [0.1, 0.15) is 6.04 Å². The molecule has 0 aliphatic carbocycles. The minimum absolute atomic E-state index is 0.223. The molecule has 2 atom stereocenters. The summed E-state index contributed by atoms with van der Waals surface area (Å²) in [5.74, 6) is -0.223. The van der Waals surface area contributed by atoms with E-state index in [2.05, 4.69) is 51.0 Å². The normalized spacial score (nSPS) is 14.3. The van der Waals surface area contributed by atoms with Gasteiger partial charge in [-0.2, -0.15) is 0 Å². The van der Waals surface area contributed by atoms with Crippen LogP contribution >= 0.6 is 43.2 Å². The van der Waals surface area contributed by atoms with Gasteiger partial charge < -0.3 is 4.74 Å². The smallest absolute Gasteiger partial charge is 0.328 e. The van der Waals surface area contributed by atoms with Crippen molar-refractivity contribution in [3.63, 3.8) is 0 Å². The van der Waals surface area contributed by atoms with Crippen LogP contribution in [-0.2, 0) is 9.53 Å². The van der Waals surface area contributed by atoms with Crippen LogP contribution in [0.5, 0.6) is 0 Å². The Morgan fingerprint density at radius 1 is 1.50 bits per heavy atom. The highest BCUT2D eigenvalue weighted by atomic mass is 79.9. The quantitative estimate of drug-likeness (QED) is 0.727. The molecule has 0 amide bonds. The van der Waals surface area contributed by atoms with Gasteiger partial charge in [-0.05, 0) is 58.2 Å². The first-order valence-electron chi connectivity index (χ1n) is 5.86. The molecule has 1 aromatic heterocycles. The van der Waals surface area contributed by atoms with E-state index >= 15 is 0 Å². The van der Waals surface area contributed by atoms with E-state index in [4.69, 9.17) is 4.74 Å². The second-order valence-electron chi connectivity index (χ2n) is 3.93. The Balaban J connectivity index is 2.92. The number of halogens is 2. The molecule has 1 N–H and O–H groups in total. The third-order valence-electron chi connectivity index (χ3n) is 2.53. The fraction of sp³-hybridized carbons (Fsp3) is 0.583. The number of rotatable bonds is 6. The van der Waals surface area contributed by atoms with Gasteiger partial charge in [0.15, 0.2) is 0 Å². The average Bonchev–Trinajstić information content (AvgIpc) is 2.66. The molecule has 0 saturated heterocycles. The predicted octanol–water partition coefficient (Wildman–Crippen LogP) is 4.27. The van der Waals surface area contributed by atoms with Gasteiger partial charge in [-0.1, -0.05) is 6.92 Å². The van der Waals surface area contributed by atoms with E-state index in [1.807, 2.05) is 13.0 Å². The van der Waals surface area contributed by atoms with E-state index < -0.39 is 6.04 Å². The zero-order chi connectivity index (χ0) is 13.7. The molecule has 0 saturated carbocycles. The van der Waals surface area contributed by atoms with Crippen LogP contribution < -0.4 is 5.32 Å². The minimum Gasteiger partial charge on any atom is -0.465 e. The molecule has 1 heterocycles. The molecule has 102 valence electrons.